The van der Waals surface area contributed by atoms with Crippen LogP contribution in [-0.2, 0) is 16.0 Å². The van der Waals surface area contributed by atoms with Gasteiger partial charge >= 0.3 is 0 Å². The highest BCUT2D eigenvalue weighted by molar-refractivity contribution is 5.77. The van der Waals surface area contributed by atoms with Gasteiger partial charge in [-0.1, -0.05) is 6.92 Å². The molecule has 7 heteroatoms. The lowest BCUT2D eigenvalue weighted by Gasteiger charge is -2.41. The Bertz CT molecular complexity index is 662. The first-order valence-corrected chi connectivity index (χ1v) is 10.2. The smallest absolute Gasteiger partial charge is 0.225 e. The van der Waals surface area contributed by atoms with Crippen LogP contribution < -0.4 is 4.90 Å². The van der Waals surface area contributed by atoms with Crippen LogP contribution in [0, 0.1) is 5.92 Å². The van der Waals surface area contributed by atoms with Crippen molar-refractivity contribution in [1.29, 1.82) is 0 Å². The molecule has 0 aromatic carbocycles. The molecule has 0 radical (unpaired) electrons. The molecule has 7 nitrogen and oxygen atoms in total. The maximum atomic E-state index is 12.6. The number of hydrogen-bond acceptors (Lipinski definition) is 6. The lowest BCUT2D eigenvalue weighted by molar-refractivity contribution is -0.145. The number of hydrogen-bond donors (Lipinski definition) is 1. The molecule has 1 aromatic heterocycles. The maximum Gasteiger partial charge on any atom is 0.225 e. The number of amides is 1. The molecule has 1 amide bonds. The zero-order chi connectivity index (χ0) is 18.9. The first kappa shape index (κ1) is 18.6. The number of aromatic nitrogens is 2. The lowest BCUT2D eigenvalue weighted by atomic mass is 9.77. The third kappa shape index (κ3) is 4.09. The molecular formula is C20H30N4O3. The van der Waals surface area contributed by atoms with E-state index in [1.807, 2.05) is 17.3 Å². The Morgan fingerprint density at radius 3 is 2.74 bits per heavy atom. The molecule has 27 heavy (non-hydrogen) atoms. The van der Waals surface area contributed by atoms with Crippen LogP contribution >= 0.6 is 0 Å². The van der Waals surface area contributed by atoms with E-state index in [9.17, 15) is 9.90 Å². The van der Waals surface area contributed by atoms with Crippen LogP contribution in [0.5, 0.6) is 0 Å². The molecule has 2 aliphatic heterocycles. The van der Waals surface area contributed by atoms with Crippen LogP contribution in [-0.4, -0.2) is 70.4 Å². The van der Waals surface area contributed by atoms with Crippen LogP contribution in [0.1, 0.15) is 44.6 Å². The summed E-state index contributed by atoms with van der Waals surface area (Å²) in [5.74, 6) is 1.21. The summed E-state index contributed by atoms with van der Waals surface area (Å²) in [6.45, 7) is 5.72. The Labute approximate surface area is 160 Å². The number of ether oxygens (including phenoxy) is 1. The van der Waals surface area contributed by atoms with Crippen molar-refractivity contribution in [3.05, 3.63) is 18.0 Å². The number of rotatable bonds is 4. The van der Waals surface area contributed by atoms with Crippen molar-refractivity contribution in [2.45, 2.75) is 57.2 Å². The minimum absolute atomic E-state index is 0.0543. The highest BCUT2D eigenvalue weighted by Gasteiger charge is 2.40. The van der Waals surface area contributed by atoms with Gasteiger partial charge < -0.3 is 19.6 Å². The zero-order valence-corrected chi connectivity index (χ0v) is 16.1. The number of aryl methyl sites for hydroxylation is 1. The first-order chi connectivity index (χ1) is 13.1. The van der Waals surface area contributed by atoms with Gasteiger partial charge in [0.1, 0.15) is 0 Å². The molecule has 2 atom stereocenters. The normalized spacial score (nSPS) is 27.5. The number of aliphatic hydroxyl groups is 1. The molecule has 3 aliphatic rings. The van der Waals surface area contributed by atoms with E-state index in [-0.39, 0.29) is 18.4 Å². The van der Waals surface area contributed by atoms with E-state index in [1.54, 1.807) is 0 Å². The highest BCUT2D eigenvalue weighted by Crippen LogP contribution is 2.35. The number of anilines is 1. The van der Waals surface area contributed by atoms with E-state index >= 15 is 0 Å². The van der Waals surface area contributed by atoms with Crippen LogP contribution in [0.4, 0.5) is 5.95 Å². The monoisotopic (exact) mass is 374 g/mol. The third-order valence-electron chi connectivity index (χ3n) is 6.34. The fraction of sp³-hybridized carbons (Fsp3) is 0.750. The summed E-state index contributed by atoms with van der Waals surface area (Å²) in [6.07, 6.45) is 8.49. The summed E-state index contributed by atoms with van der Waals surface area (Å²) in [5.41, 5.74) is 0.388. The maximum absolute atomic E-state index is 12.6. The van der Waals surface area contributed by atoms with Crippen molar-refractivity contribution >= 4 is 11.9 Å². The summed E-state index contributed by atoms with van der Waals surface area (Å²) >= 11 is 0. The van der Waals surface area contributed by atoms with Gasteiger partial charge in [0.2, 0.25) is 11.9 Å². The van der Waals surface area contributed by atoms with Crippen molar-refractivity contribution in [2.24, 2.45) is 5.92 Å². The molecule has 1 N–H and O–H groups in total. The number of likely N-dealkylation sites (tertiary alicyclic amines) is 1. The van der Waals surface area contributed by atoms with Gasteiger partial charge in [-0.2, -0.15) is 0 Å². The van der Waals surface area contributed by atoms with Crippen molar-refractivity contribution < 1.29 is 14.6 Å². The molecule has 4 rings (SSSR count). The molecular weight excluding hydrogens is 344 g/mol. The number of carbonyl (C=O) groups is 1. The van der Waals surface area contributed by atoms with E-state index in [1.165, 1.54) is 0 Å². The topological polar surface area (TPSA) is 78.8 Å². The van der Waals surface area contributed by atoms with E-state index < -0.39 is 5.60 Å². The number of piperidine rings is 1. The van der Waals surface area contributed by atoms with Crippen LogP contribution in [0.15, 0.2) is 12.4 Å². The zero-order valence-electron chi connectivity index (χ0n) is 16.1. The quantitative estimate of drug-likeness (QED) is 0.858. The summed E-state index contributed by atoms with van der Waals surface area (Å²) < 4.78 is 6.10. The molecule has 0 unspecified atom stereocenters. The minimum Gasteiger partial charge on any atom is -0.389 e. The minimum atomic E-state index is -0.753. The lowest BCUT2D eigenvalue weighted by Crippen LogP contribution is -2.51. The average Bonchev–Trinajstić information content (AvgIpc) is 2.88. The van der Waals surface area contributed by atoms with Gasteiger partial charge in [-0.25, -0.2) is 9.97 Å². The highest BCUT2D eigenvalue weighted by atomic mass is 16.5. The Balaban J connectivity index is 1.36. The molecule has 1 aromatic rings. The molecule has 2 saturated heterocycles. The van der Waals surface area contributed by atoms with Gasteiger partial charge in [0, 0.05) is 44.5 Å². The third-order valence-corrected chi connectivity index (χ3v) is 6.34. The fourth-order valence-electron chi connectivity index (χ4n) is 4.31. The Hall–Kier alpha value is -1.73. The van der Waals surface area contributed by atoms with Gasteiger partial charge in [0.25, 0.3) is 0 Å². The van der Waals surface area contributed by atoms with Crippen molar-refractivity contribution in [2.75, 3.05) is 37.7 Å². The average molecular weight is 374 g/mol. The predicted octanol–water partition coefficient (Wildman–Crippen LogP) is 1.40. The summed E-state index contributed by atoms with van der Waals surface area (Å²) in [4.78, 5) is 25.7. The standard InChI is InChI=1S/C20H30N4O3/c1-2-15-11-21-19(22-12-15)24-8-9-27-17-14-23(7-4-16(17)13-24)18(25)10-20(26)5-3-6-20/h11-12,16-17,26H,2-10,13-14H2,1H3/t16-,17-/m1/s1. The number of carbonyl (C=O) groups excluding carboxylic acids is 1. The Morgan fingerprint density at radius 2 is 2.07 bits per heavy atom. The first-order valence-electron chi connectivity index (χ1n) is 10.2. The van der Waals surface area contributed by atoms with Crippen LogP contribution in [0.2, 0.25) is 0 Å². The number of fused-ring (bicyclic) bond motifs is 1. The predicted molar refractivity (Wildman–Crippen MR) is 101 cm³/mol. The van der Waals surface area contributed by atoms with E-state index in [0.717, 1.165) is 63.3 Å². The molecule has 3 heterocycles. The van der Waals surface area contributed by atoms with E-state index in [2.05, 4.69) is 21.8 Å². The second-order valence-electron chi connectivity index (χ2n) is 8.24. The molecule has 1 aliphatic carbocycles. The number of nitrogens with zero attached hydrogens (tertiary/aromatic N) is 4. The van der Waals surface area contributed by atoms with Gasteiger partial charge in [-0.15, -0.1) is 0 Å². The van der Waals surface area contributed by atoms with E-state index in [4.69, 9.17) is 4.74 Å². The Kier molecular flexibility index (Phi) is 5.32. The van der Waals surface area contributed by atoms with Crippen LogP contribution in [0.3, 0.4) is 0 Å². The fourth-order valence-corrected chi connectivity index (χ4v) is 4.31. The van der Waals surface area contributed by atoms with Crippen molar-refractivity contribution in [1.82, 2.24) is 14.9 Å². The van der Waals surface area contributed by atoms with Crippen LogP contribution in [0.25, 0.3) is 0 Å². The van der Waals surface area contributed by atoms with Crippen molar-refractivity contribution in [3.8, 4) is 0 Å². The summed E-state index contributed by atoms with van der Waals surface area (Å²) in [5, 5.41) is 10.3. The summed E-state index contributed by atoms with van der Waals surface area (Å²) in [7, 11) is 0. The molecule has 148 valence electrons. The second kappa shape index (κ2) is 7.72. The van der Waals surface area contributed by atoms with Gasteiger partial charge in [-0.3, -0.25) is 4.79 Å². The molecule has 0 spiro atoms. The Morgan fingerprint density at radius 1 is 1.30 bits per heavy atom. The van der Waals surface area contributed by atoms with Gasteiger partial charge in [0.05, 0.1) is 24.7 Å². The summed E-state index contributed by atoms with van der Waals surface area (Å²) in [6, 6.07) is 0. The molecule has 0 bridgehead atoms. The molecule has 1 saturated carbocycles. The largest absolute Gasteiger partial charge is 0.389 e. The molecule has 3 fully saturated rings. The second-order valence-corrected chi connectivity index (χ2v) is 8.24. The van der Waals surface area contributed by atoms with Gasteiger partial charge in [-0.05, 0) is 37.7 Å². The van der Waals surface area contributed by atoms with Crippen molar-refractivity contribution in [3.63, 3.8) is 0 Å². The van der Waals surface area contributed by atoms with Gasteiger partial charge in [0.15, 0.2) is 0 Å². The van der Waals surface area contributed by atoms with E-state index in [0.29, 0.717) is 19.1 Å². The SMILES string of the molecule is CCc1cnc(N2CCO[C@@H]3CN(C(=O)CC4(O)CCC4)CC[C@@H]3C2)nc1.